The summed E-state index contributed by atoms with van der Waals surface area (Å²) in [5, 5.41) is 2.68. The van der Waals surface area contributed by atoms with E-state index in [1.54, 1.807) is 6.07 Å². The van der Waals surface area contributed by atoms with Gasteiger partial charge in [-0.15, -0.1) is 0 Å². The molecule has 1 atom stereocenters. The van der Waals surface area contributed by atoms with E-state index in [1.165, 1.54) is 24.6 Å². The Balaban J connectivity index is 2.56. The van der Waals surface area contributed by atoms with E-state index in [9.17, 15) is 18.0 Å². The van der Waals surface area contributed by atoms with Crippen molar-refractivity contribution in [2.24, 2.45) is 0 Å². The van der Waals surface area contributed by atoms with Gasteiger partial charge in [-0.3, -0.25) is 4.79 Å². The zero-order chi connectivity index (χ0) is 13.2. The number of carbonyl (C=O) groups excluding carboxylic acids is 1. The van der Waals surface area contributed by atoms with Gasteiger partial charge in [-0.25, -0.2) is 0 Å². The van der Waals surface area contributed by atoms with E-state index in [0.29, 0.717) is 11.4 Å². The molecule has 1 aromatic rings. The van der Waals surface area contributed by atoms with Crippen LogP contribution in [0, 0.1) is 6.07 Å². The third-order valence-electron chi connectivity index (χ3n) is 3.09. The SMILES string of the molecule is O=[C]N1CCNCC1(c1[c]cccc1)C(F)(F)F. The van der Waals surface area contributed by atoms with Crippen LogP contribution in [0.1, 0.15) is 5.56 Å². The molecule has 6 heteroatoms. The molecular formula is C12H11F3N2O. The van der Waals surface area contributed by atoms with Crippen molar-refractivity contribution in [2.75, 3.05) is 19.6 Å². The maximum atomic E-state index is 13.4. The maximum absolute atomic E-state index is 13.4. The summed E-state index contributed by atoms with van der Waals surface area (Å²) >= 11 is 0. The summed E-state index contributed by atoms with van der Waals surface area (Å²) < 4.78 is 40.3. The van der Waals surface area contributed by atoms with Gasteiger partial charge in [0.15, 0.2) is 5.54 Å². The van der Waals surface area contributed by atoms with Crippen LogP contribution in [0.3, 0.4) is 0 Å². The molecule has 1 unspecified atom stereocenters. The highest BCUT2D eigenvalue weighted by atomic mass is 19.4. The number of hydrogen-bond donors (Lipinski definition) is 1. The number of amides is 1. The van der Waals surface area contributed by atoms with Crippen LogP contribution in [0.4, 0.5) is 13.2 Å². The normalized spacial score (nSPS) is 24.9. The van der Waals surface area contributed by atoms with Gasteiger partial charge in [0.1, 0.15) is 0 Å². The molecule has 1 aromatic carbocycles. The highest BCUT2D eigenvalue weighted by Gasteiger charge is 2.60. The summed E-state index contributed by atoms with van der Waals surface area (Å²) in [4.78, 5) is 11.5. The largest absolute Gasteiger partial charge is 0.417 e. The predicted octanol–water partition coefficient (Wildman–Crippen LogP) is 1.22. The average molecular weight is 256 g/mol. The molecule has 0 aromatic heterocycles. The van der Waals surface area contributed by atoms with Crippen molar-refractivity contribution in [3.63, 3.8) is 0 Å². The lowest BCUT2D eigenvalue weighted by Crippen LogP contribution is -2.65. The second-order valence-electron chi connectivity index (χ2n) is 4.05. The highest BCUT2D eigenvalue weighted by molar-refractivity contribution is 5.53. The van der Waals surface area contributed by atoms with E-state index in [0.717, 1.165) is 0 Å². The molecule has 96 valence electrons. The molecule has 1 aliphatic rings. The molecular weight excluding hydrogens is 245 g/mol. The summed E-state index contributed by atoms with van der Waals surface area (Å²) in [6, 6.07) is 8.38. The predicted molar refractivity (Wildman–Crippen MR) is 58.3 cm³/mol. The number of halogens is 3. The van der Waals surface area contributed by atoms with Crippen molar-refractivity contribution in [1.82, 2.24) is 10.2 Å². The minimum atomic E-state index is -4.59. The van der Waals surface area contributed by atoms with Gasteiger partial charge in [0.25, 0.3) is 0 Å². The Bertz CT molecular complexity index is 421. The Morgan fingerprint density at radius 3 is 2.78 bits per heavy atom. The first kappa shape index (κ1) is 12.9. The van der Waals surface area contributed by atoms with Crippen molar-refractivity contribution < 1.29 is 18.0 Å². The Kier molecular flexibility index (Phi) is 3.30. The first-order valence-electron chi connectivity index (χ1n) is 5.42. The molecule has 2 radical (unpaired) electrons. The molecule has 0 bridgehead atoms. The molecule has 0 saturated carbocycles. The number of piperazine rings is 1. The summed E-state index contributed by atoms with van der Waals surface area (Å²) in [5.74, 6) is 0. The zero-order valence-corrected chi connectivity index (χ0v) is 9.42. The zero-order valence-electron chi connectivity index (χ0n) is 9.42. The van der Waals surface area contributed by atoms with Crippen molar-refractivity contribution in [1.29, 1.82) is 0 Å². The van der Waals surface area contributed by atoms with E-state index in [1.807, 2.05) is 0 Å². The number of nitrogens with one attached hydrogen (secondary N) is 1. The maximum Gasteiger partial charge on any atom is 0.417 e. The van der Waals surface area contributed by atoms with E-state index in [4.69, 9.17) is 0 Å². The van der Waals surface area contributed by atoms with Crippen LogP contribution in [-0.2, 0) is 10.3 Å². The van der Waals surface area contributed by atoms with Gasteiger partial charge in [0.05, 0.1) is 0 Å². The van der Waals surface area contributed by atoms with Crippen molar-refractivity contribution in [2.45, 2.75) is 11.7 Å². The number of rotatable bonds is 2. The number of benzene rings is 1. The fourth-order valence-corrected chi connectivity index (χ4v) is 2.17. The Labute approximate surface area is 103 Å². The van der Waals surface area contributed by atoms with E-state index in [2.05, 4.69) is 11.4 Å². The first-order chi connectivity index (χ1) is 8.52. The first-order valence-corrected chi connectivity index (χ1v) is 5.42. The van der Waals surface area contributed by atoms with Gasteiger partial charge < -0.3 is 10.2 Å². The topological polar surface area (TPSA) is 32.3 Å². The summed E-state index contributed by atoms with van der Waals surface area (Å²) in [7, 11) is 0. The Morgan fingerprint density at radius 1 is 1.44 bits per heavy atom. The van der Waals surface area contributed by atoms with Crippen LogP contribution in [0.25, 0.3) is 0 Å². The van der Waals surface area contributed by atoms with Crippen LogP contribution in [-0.4, -0.2) is 37.1 Å². The summed E-state index contributed by atoms with van der Waals surface area (Å²) in [5.41, 5.74) is -2.46. The van der Waals surface area contributed by atoms with Gasteiger partial charge >= 0.3 is 12.6 Å². The molecule has 1 N–H and O–H groups in total. The van der Waals surface area contributed by atoms with E-state index < -0.39 is 11.7 Å². The molecule has 1 saturated heterocycles. The quantitative estimate of drug-likeness (QED) is 0.862. The van der Waals surface area contributed by atoms with Crippen LogP contribution in [0.15, 0.2) is 24.3 Å². The lowest BCUT2D eigenvalue weighted by molar-refractivity contribution is -0.229. The second kappa shape index (κ2) is 4.61. The average Bonchev–Trinajstić information content (AvgIpc) is 2.38. The summed E-state index contributed by atoms with van der Waals surface area (Å²) in [6.45, 7) is -0.0993. The molecule has 1 heterocycles. The Morgan fingerprint density at radius 2 is 2.22 bits per heavy atom. The van der Waals surface area contributed by atoms with Gasteiger partial charge in [0, 0.05) is 19.6 Å². The smallest absolute Gasteiger partial charge is 0.314 e. The second-order valence-corrected chi connectivity index (χ2v) is 4.05. The van der Waals surface area contributed by atoms with Crippen molar-refractivity contribution >= 4 is 6.41 Å². The number of alkyl halides is 3. The van der Waals surface area contributed by atoms with Gasteiger partial charge in [-0.1, -0.05) is 24.3 Å². The van der Waals surface area contributed by atoms with Crippen LogP contribution in [0.5, 0.6) is 0 Å². The molecule has 1 amide bonds. The molecule has 0 spiro atoms. The third kappa shape index (κ3) is 1.86. The fraction of sp³-hybridized carbons (Fsp3) is 0.417. The van der Waals surface area contributed by atoms with E-state index >= 15 is 0 Å². The van der Waals surface area contributed by atoms with Crippen molar-refractivity contribution in [3.05, 3.63) is 35.9 Å². The molecule has 3 nitrogen and oxygen atoms in total. The van der Waals surface area contributed by atoms with E-state index in [-0.39, 0.29) is 18.7 Å². The molecule has 1 fully saturated rings. The molecule has 2 rings (SSSR count). The third-order valence-corrected chi connectivity index (χ3v) is 3.09. The minimum absolute atomic E-state index is 0.0360. The lowest BCUT2D eigenvalue weighted by Gasteiger charge is -2.45. The monoisotopic (exact) mass is 256 g/mol. The van der Waals surface area contributed by atoms with Crippen molar-refractivity contribution in [3.8, 4) is 0 Å². The van der Waals surface area contributed by atoms with Gasteiger partial charge in [-0.2, -0.15) is 13.2 Å². The Hall–Kier alpha value is -1.56. The highest BCUT2D eigenvalue weighted by Crippen LogP contribution is 2.43. The van der Waals surface area contributed by atoms with Gasteiger partial charge in [-0.05, 0) is 11.6 Å². The standard InChI is InChI=1S/C12H11F3N2O/c13-12(14,15)11(10-4-2-1-3-5-10)8-16-6-7-17(11)9-18/h1-4,16H,6-8H2. The molecule has 0 aliphatic carbocycles. The van der Waals surface area contributed by atoms with Crippen LogP contribution in [0.2, 0.25) is 0 Å². The lowest BCUT2D eigenvalue weighted by atomic mass is 9.86. The van der Waals surface area contributed by atoms with Crippen LogP contribution < -0.4 is 5.32 Å². The molecule has 18 heavy (non-hydrogen) atoms. The van der Waals surface area contributed by atoms with Crippen LogP contribution >= 0.6 is 0 Å². The molecule has 1 aliphatic heterocycles. The fourth-order valence-electron chi connectivity index (χ4n) is 2.17. The van der Waals surface area contributed by atoms with Gasteiger partial charge in [0.2, 0.25) is 0 Å². The number of nitrogens with zero attached hydrogens (tertiary/aromatic N) is 1. The minimum Gasteiger partial charge on any atom is -0.314 e. The number of hydrogen-bond acceptors (Lipinski definition) is 2. The summed E-state index contributed by atoms with van der Waals surface area (Å²) in [6.07, 6.45) is -3.18.